The Labute approximate surface area is 594 Å². The van der Waals surface area contributed by atoms with Crippen LogP contribution >= 0.6 is 11.3 Å². The second-order valence-electron chi connectivity index (χ2n) is 29.9. The van der Waals surface area contributed by atoms with Crippen LogP contribution in [0, 0.1) is 0 Å². The fourth-order valence-corrected chi connectivity index (χ4v) is 18.4. The summed E-state index contributed by atoms with van der Waals surface area (Å²) in [5.74, 6) is 3.70. The summed E-state index contributed by atoms with van der Waals surface area (Å²) in [4.78, 5) is 37.0. The van der Waals surface area contributed by atoms with Gasteiger partial charge in [-0.3, -0.25) is 0 Å². The monoisotopic (exact) mass is 1320 g/mol. The second kappa shape index (κ2) is 23.6. The SMILES string of the molecule is CC1(C)CC(C)(C)c2cc(-c3cccc(-c4nc(-c5ccccc5)nc(-c5ccc6c(c5)C(c5ccccc5)(c5ccccc5)c5cc(C7(C)CC(C)(C)c8cc(-c9ccccc9-c9nc(-c%10ccccc%10)nc(-c%10cccc(-c%11nc%12ccccc%12s%11)c%10)n9)ccc87)ccc5-6)n4)c3)ccc21. The molecule has 3 aliphatic rings. The van der Waals surface area contributed by atoms with Gasteiger partial charge in [-0.15, -0.1) is 11.3 Å². The lowest BCUT2D eigenvalue weighted by Crippen LogP contribution is -2.30. The van der Waals surface area contributed by atoms with E-state index in [4.69, 9.17) is 34.9 Å². The zero-order chi connectivity index (χ0) is 68.4. The first-order valence-electron chi connectivity index (χ1n) is 35.1. The summed E-state index contributed by atoms with van der Waals surface area (Å²) in [6.07, 6.45) is 2.02. The lowest BCUT2D eigenvalue weighted by Gasteiger charge is -2.35. The molecule has 0 aliphatic heterocycles. The first-order chi connectivity index (χ1) is 49.1. The number of fused-ring (bicyclic) bond motifs is 6. The molecule has 0 bridgehead atoms. The molecule has 18 rings (SSSR count). The molecule has 12 aromatic carbocycles. The molecule has 486 valence electrons. The van der Waals surface area contributed by atoms with Gasteiger partial charge < -0.3 is 0 Å². The molecule has 0 amide bonds. The Kier molecular flexibility index (Phi) is 14.5. The van der Waals surface area contributed by atoms with Gasteiger partial charge in [-0.25, -0.2) is 34.9 Å². The van der Waals surface area contributed by atoms with E-state index in [9.17, 15) is 0 Å². The molecule has 0 spiro atoms. The van der Waals surface area contributed by atoms with Gasteiger partial charge in [0.15, 0.2) is 34.9 Å². The maximum Gasteiger partial charge on any atom is 0.164 e. The van der Waals surface area contributed by atoms with Crippen LogP contribution in [0.4, 0.5) is 0 Å². The van der Waals surface area contributed by atoms with Gasteiger partial charge in [-0.05, 0) is 143 Å². The molecule has 3 aliphatic carbocycles. The van der Waals surface area contributed by atoms with Gasteiger partial charge in [0.05, 0.1) is 15.6 Å². The molecule has 0 fully saturated rings. The first kappa shape index (κ1) is 61.8. The number of thiazole rings is 1. The molecule has 15 aromatic rings. The minimum atomic E-state index is -0.722. The van der Waals surface area contributed by atoms with E-state index in [1.54, 1.807) is 11.3 Å². The number of nitrogens with zero attached hydrogens (tertiary/aromatic N) is 7. The average Bonchev–Trinajstić information content (AvgIpc) is 1.54. The topological polar surface area (TPSA) is 90.2 Å². The summed E-state index contributed by atoms with van der Waals surface area (Å²) in [6, 6.07) is 105. The number of para-hydroxylation sites is 1. The van der Waals surface area contributed by atoms with Crippen LogP contribution in [0.5, 0.6) is 0 Å². The Morgan fingerprint density at radius 3 is 1.30 bits per heavy atom. The molecule has 3 aromatic heterocycles. The van der Waals surface area contributed by atoms with Gasteiger partial charge in [-0.1, -0.05) is 309 Å². The molecule has 1 atom stereocenters. The highest BCUT2D eigenvalue weighted by atomic mass is 32.1. The molecule has 101 heavy (non-hydrogen) atoms. The minimum Gasteiger partial charge on any atom is -0.236 e. The van der Waals surface area contributed by atoms with Gasteiger partial charge in [0, 0.05) is 44.4 Å². The van der Waals surface area contributed by atoms with Crippen LogP contribution in [0.15, 0.2) is 291 Å². The van der Waals surface area contributed by atoms with Crippen LogP contribution in [0.25, 0.3) is 122 Å². The number of aromatic nitrogens is 7. The number of hydrogen-bond donors (Lipinski definition) is 0. The van der Waals surface area contributed by atoms with Gasteiger partial charge in [-0.2, -0.15) is 0 Å². The summed E-state index contributed by atoms with van der Waals surface area (Å²) in [6.45, 7) is 16.8. The molecule has 0 N–H and O–H groups in total. The standard InChI is InChI=1S/C93H73N7S/c1-89(2)56-90(3,4)78-52-61(43-48-74(78)89)60-30-24-31-63(50-60)84-95-82(58-26-12-8-13-27-58)96-86(98-84)65-42-46-71-72-47-45-69(55-77(72)93(76(71)54-65,67-34-16-10-17-35-67)68-36-18-11-19-37-68)92(7)57-91(5,6)79-53-62(44-49-75(79)92)70-38-20-21-39-73(70)87-99-83(59-28-14-9-15-29-59)97-85(100-87)64-32-25-33-66(51-64)88-94-80-40-22-23-41-81(80)101-88/h8-55H,56-57H2,1-7H3. The normalized spacial score (nSPS) is 16.3. The molecule has 0 saturated heterocycles. The van der Waals surface area contributed by atoms with Crippen LogP contribution in [-0.2, 0) is 27.1 Å². The van der Waals surface area contributed by atoms with Crippen LogP contribution in [-0.4, -0.2) is 34.9 Å². The van der Waals surface area contributed by atoms with Gasteiger partial charge >= 0.3 is 0 Å². The lowest BCUT2D eigenvalue weighted by atomic mass is 9.66. The van der Waals surface area contributed by atoms with Crippen molar-refractivity contribution >= 4 is 21.6 Å². The fraction of sp³-hybridized carbons (Fsp3) is 0.151. The van der Waals surface area contributed by atoms with Crippen molar-refractivity contribution in [2.45, 2.75) is 88.4 Å². The third kappa shape index (κ3) is 10.4. The first-order valence-corrected chi connectivity index (χ1v) is 35.9. The maximum atomic E-state index is 5.47. The fourth-order valence-electron chi connectivity index (χ4n) is 17.5. The highest BCUT2D eigenvalue weighted by Crippen LogP contribution is 2.60. The van der Waals surface area contributed by atoms with Crippen molar-refractivity contribution in [1.82, 2.24) is 34.9 Å². The maximum absolute atomic E-state index is 5.47. The van der Waals surface area contributed by atoms with E-state index in [1.807, 2.05) is 30.3 Å². The van der Waals surface area contributed by atoms with E-state index in [2.05, 4.69) is 309 Å². The second-order valence-corrected chi connectivity index (χ2v) is 30.9. The smallest absolute Gasteiger partial charge is 0.164 e. The zero-order valence-electron chi connectivity index (χ0n) is 57.7. The Hall–Kier alpha value is -11.5. The highest BCUT2D eigenvalue weighted by Gasteiger charge is 2.50. The highest BCUT2D eigenvalue weighted by molar-refractivity contribution is 7.21. The Morgan fingerprint density at radius 1 is 0.248 bits per heavy atom. The summed E-state index contributed by atoms with van der Waals surface area (Å²) in [5.41, 5.74) is 25.0. The Balaban J connectivity index is 0.740. The van der Waals surface area contributed by atoms with Crippen molar-refractivity contribution < 1.29 is 0 Å². The van der Waals surface area contributed by atoms with Crippen LogP contribution < -0.4 is 0 Å². The average molecular weight is 1320 g/mol. The van der Waals surface area contributed by atoms with E-state index in [0.717, 1.165) is 83.7 Å². The van der Waals surface area contributed by atoms with Crippen LogP contribution in [0.2, 0.25) is 0 Å². The van der Waals surface area contributed by atoms with Crippen molar-refractivity contribution in [3.05, 3.63) is 341 Å². The molecule has 7 nitrogen and oxygen atoms in total. The van der Waals surface area contributed by atoms with Gasteiger partial charge in [0.2, 0.25) is 0 Å². The number of rotatable bonds is 12. The molecule has 0 radical (unpaired) electrons. The van der Waals surface area contributed by atoms with E-state index >= 15 is 0 Å². The van der Waals surface area contributed by atoms with Gasteiger partial charge in [0.1, 0.15) is 5.01 Å². The zero-order valence-corrected chi connectivity index (χ0v) is 58.5. The summed E-state index contributed by atoms with van der Waals surface area (Å²) in [5, 5.41) is 0.956. The molecule has 3 heterocycles. The molecular formula is C93H73N7S. The molecule has 8 heteroatoms. The summed E-state index contributed by atoms with van der Waals surface area (Å²) >= 11 is 1.69. The Bertz CT molecular complexity index is 5710. The van der Waals surface area contributed by atoms with E-state index in [1.165, 1.54) is 66.8 Å². The van der Waals surface area contributed by atoms with Crippen molar-refractivity contribution in [2.24, 2.45) is 0 Å². The molecule has 0 saturated carbocycles. The predicted molar refractivity (Wildman–Crippen MR) is 414 cm³/mol. The Morgan fingerprint density at radius 2 is 0.663 bits per heavy atom. The quantitative estimate of drug-likeness (QED) is 0.120. The summed E-state index contributed by atoms with van der Waals surface area (Å²) in [7, 11) is 0. The molecule has 1 unspecified atom stereocenters. The van der Waals surface area contributed by atoms with Crippen molar-refractivity contribution in [1.29, 1.82) is 0 Å². The van der Waals surface area contributed by atoms with Crippen LogP contribution in [0.3, 0.4) is 0 Å². The molecular weight excluding hydrogens is 1250 g/mol. The largest absolute Gasteiger partial charge is 0.236 e. The summed E-state index contributed by atoms with van der Waals surface area (Å²) < 4.78 is 1.15. The van der Waals surface area contributed by atoms with Crippen molar-refractivity contribution in [3.8, 4) is 112 Å². The van der Waals surface area contributed by atoms with E-state index in [0.29, 0.717) is 34.9 Å². The predicted octanol–water partition coefficient (Wildman–Crippen LogP) is 23.0. The van der Waals surface area contributed by atoms with Crippen molar-refractivity contribution in [3.63, 3.8) is 0 Å². The van der Waals surface area contributed by atoms with Crippen LogP contribution in [0.1, 0.15) is 111 Å². The number of benzene rings is 12. The lowest BCUT2D eigenvalue weighted by molar-refractivity contribution is 0.403. The third-order valence-corrected chi connectivity index (χ3v) is 23.0. The van der Waals surface area contributed by atoms with Gasteiger partial charge in [0.25, 0.3) is 0 Å². The van der Waals surface area contributed by atoms with Crippen molar-refractivity contribution in [2.75, 3.05) is 0 Å². The van der Waals surface area contributed by atoms with E-state index < -0.39 is 5.41 Å². The minimum absolute atomic E-state index is 0.0770. The van der Waals surface area contributed by atoms with E-state index in [-0.39, 0.29) is 21.7 Å². The third-order valence-electron chi connectivity index (χ3n) is 21.9. The number of hydrogen-bond acceptors (Lipinski definition) is 8.